The first kappa shape index (κ1) is 16.0. The van der Waals surface area contributed by atoms with Gasteiger partial charge in [-0.1, -0.05) is 11.6 Å². The zero-order valence-corrected chi connectivity index (χ0v) is 14.6. The maximum atomic E-state index is 12.5. The number of rotatable bonds is 3. The number of nitrogens with one attached hydrogen (secondary N) is 1. The van der Waals surface area contributed by atoms with Crippen LogP contribution in [0.25, 0.3) is 11.0 Å². The largest absolute Gasteiger partial charge is 0.464 e. The van der Waals surface area contributed by atoms with Gasteiger partial charge in [0.15, 0.2) is 0 Å². The van der Waals surface area contributed by atoms with E-state index >= 15 is 0 Å². The van der Waals surface area contributed by atoms with Crippen molar-refractivity contribution in [2.75, 3.05) is 6.61 Å². The first-order valence-electron chi connectivity index (χ1n) is 8.69. The van der Waals surface area contributed by atoms with Crippen molar-refractivity contribution in [2.45, 2.75) is 51.2 Å². The molecule has 4 nitrogen and oxygen atoms in total. The van der Waals surface area contributed by atoms with E-state index in [4.69, 9.17) is 20.8 Å². The highest BCUT2D eigenvalue weighted by Crippen LogP contribution is 2.34. The number of furan rings is 1. The van der Waals surface area contributed by atoms with Gasteiger partial charge in [-0.15, -0.1) is 0 Å². The number of carbonyl (C=O) groups excluding carboxylic acids is 1. The minimum Gasteiger partial charge on any atom is -0.464 e. The average molecular weight is 348 g/mol. The van der Waals surface area contributed by atoms with E-state index in [0.717, 1.165) is 54.4 Å². The van der Waals surface area contributed by atoms with Gasteiger partial charge in [-0.2, -0.15) is 0 Å². The van der Waals surface area contributed by atoms with Gasteiger partial charge < -0.3 is 14.5 Å². The molecule has 2 fully saturated rings. The highest BCUT2D eigenvalue weighted by atomic mass is 35.5. The summed E-state index contributed by atoms with van der Waals surface area (Å²) >= 11 is 6.13. The van der Waals surface area contributed by atoms with Gasteiger partial charge in [0.05, 0.1) is 18.8 Å². The van der Waals surface area contributed by atoms with Crippen LogP contribution in [-0.4, -0.2) is 24.7 Å². The smallest absolute Gasteiger partial charge is 0.224 e. The average Bonchev–Trinajstić information content (AvgIpc) is 3.19. The van der Waals surface area contributed by atoms with Crippen molar-refractivity contribution in [3.63, 3.8) is 0 Å². The third-order valence-electron chi connectivity index (χ3n) is 5.48. The summed E-state index contributed by atoms with van der Waals surface area (Å²) in [6, 6.07) is 4.03. The van der Waals surface area contributed by atoms with Crippen molar-refractivity contribution >= 4 is 28.5 Å². The molecular weight excluding hydrogens is 326 g/mol. The van der Waals surface area contributed by atoms with Crippen molar-refractivity contribution in [3.8, 4) is 0 Å². The van der Waals surface area contributed by atoms with Crippen LogP contribution < -0.4 is 5.32 Å². The Labute approximate surface area is 146 Å². The van der Waals surface area contributed by atoms with E-state index in [1.165, 1.54) is 0 Å². The summed E-state index contributed by atoms with van der Waals surface area (Å²) in [6.07, 6.45) is 6.71. The zero-order valence-electron chi connectivity index (χ0n) is 13.8. The summed E-state index contributed by atoms with van der Waals surface area (Å²) in [5, 5.41) is 4.89. The van der Waals surface area contributed by atoms with Crippen LogP contribution >= 0.6 is 11.6 Å². The number of hydrogen-bond acceptors (Lipinski definition) is 3. The number of benzene rings is 1. The summed E-state index contributed by atoms with van der Waals surface area (Å²) in [6.45, 7) is 2.76. The van der Waals surface area contributed by atoms with Crippen LogP contribution in [0.4, 0.5) is 0 Å². The molecule has 0 spiro atoms. The van der Waals surface area contributed by atoms with E-state index in [0.29, 0.717) is 23.5 Å². The van der Waals surface area contributed by atoms with Crippen molar-refractivity contribution < 1.29 is 13.9 Å². The molecule has 1 aromatic carbocycles. The lowest BCUT2D eigenvalue weighted by Gasteiger charge is -2.33. The lowest BCUT2D eigenvalue weighted by atomic mass is 9.81. The van der Waals surface area contributed by atoms with E-state index in [2.05, 4.69) is 5.32 Å². The predicted molar refractivity (Wildman–Crippen MR) is 93.3 cm³/mol. The highest BCUT2D eigenvalue weighted by molar-refractivity contribution is 6.32. The van der Waals surface area contributed by atoms with E-state index in [-0.39, 0.29) is 11.9 Å². The van der Waals surface area contributed by atoms with Gasteiger partial charge in [0, 0.05) is 40.1 Å². The second-order valence-corrected chi connectivity index (χ2v) is 7.36. The third-order valence-corrected chi connectivity index (χ3v) is 5.89. The molecule has 3 atom stereocenters. The van der Waals surface area contributed by atoms with Gasteiger partial charge in [0.25, 0.3) is 0 Å². The van der Waals surface area contributed by atoms with Gasteiger partial charge in [-0.05, 0) is 44.7 Å². The van der Waals surface area contributed by atoms with Crippen molar-refractivity contribution in [2.24, 2.45) is 5.92 Å². The topological polar surface area (TPSA) is 51.5 Å². The Morgan fingerprint density at radius 3 is 3.08 bits per heavy atom. The zero-order chi connectivity index (χ0) is 16.7. The first-order chi connectivity index (χ1) is 11.6. The minimum absolute atomic E-state index is 0.0582. The number of carbonyl (C=O) groups is 1. The molecule has 1 N–H and O–H groups in total. The molecule has 1 aliphatic carbocycles. The molecule has 1 aliphatic heterocycles. The van der Waals surface area contributed by atoms with Gasteiger partial charge in [0.2, 0.25) is 5.91 Å². The van der Waals surface area contributed by atoms with Gasteiger partial charge in [-0.3, -0.25) is 4.79 Å². The molecule has 3 unspecified atom stereocenters. The fourth-order valence-electron chi connectivity index (χ4n) is 4.19. The van der Waals surface area contributed by atoms with Crippen LogP contribution in [0.1, 0.15) is 36.8 Å². The maximum Gasteiger partial charge on any atom is 0.224 e. The fourth-order valence-corrected chi connectivity index (χ4v) is 4.34. The number of aryl methyl sites for hydroxylation is 1. The van der Waals surface area contributed by atoms with Crippen LogP contribution in [0.2, 0.25) is 5.02 Å². The molecule has 2 aromatic rings. The van der Waals surface area contributed by atoms with Gasteiger partial charge in [-0.25, -0.2) is 0 Å². The molecule has 0 bridgehead atoms. The summed E-state index contributed by atoms with van der Waals surface area (Å²) in [5.74, 6) is 0.535. The minimum atomic E-state index is 0.0582. The lowest BCUT2D eigenvalue weighted by molar-refractivity contribution is -0.122. The maximum absolute atomic E-state index is 12.5. The standard InChI is InChI=1S/C19H22ClNO3/c1-11-15(20)6-5-13-12(10-24-19(11)13)9-18(22)21-16-3-2-4-17-14(16)7-8-23-17/h5-6,10,14,16-17H,2-4,7-9H2,1H3,(H,21,22). The molecular formula is C19H22ClNO3. The van der Waals surface area contributed by atoms with Crippen LogP contribution in [0.3, 0.4) is 0 Å². The van der Waals surface area contributed by atoms with Gasteiger partial charge >= 0.3 is 0 Å². The first-order valence-corrected chi connectivity index (χ1v) is 9.07. The van der Waals surface area contributed by atoms with Crippen molar-refractivity contribution in [1.29, 1.82) is 0 Å². The number of ether oxygens (including phenoxy) is 1. The van der Waals surface area contributed by atoms with Crippen LogP contribution in [0, 0.1) is 12.8 Å². The summed E-state index contributed by atoms with van der Waals surface area (Å²) < 4.78 is 11.4. The second kappa shape index (κ2) is 6.41. The Bertz CT molecular complexity index is 769. The number of hydrogen-bond donors (Lipinski definition) is 1. The van der Waals surface area contributed by atoms with Gasteiger partial charge in [0.1, 0.15) is 5.58 Å². The highest BCUT2D eigenvalue weighted by Gasteiger charge is 2.38. The number of halogens is 1. The molecule has 1 amide bonds. The van der Waals surface area contributed by atoms with Crippen molar-refractivity contribution in [1.82, 2.24) is 5.32 Å². The van der Waals surface area contributed by atoms with Crippen molar-refractivity contribution in [3.05, 3.63) is 34.5 Å². The molecule has 1 saturated heterocycles. The lowest BCUT2D eigenvalue weighted by Crippen LogP contribution is -2.46. The fraction of sp³-hybridized carbons (Fsp3) is 0.526. The Balaban J connectivity index is 1.47. The van der Waals surface area contributed by atoms with Crippen LogP contribution in [0.15, 0.2) is 22.8 Å². The Morgan fingerprint density at radius 2 is 2.21 bits per heavy atom. The van der Waals surface area contributed by atoms with Crippen LogP contribution in [0.5, 0.6) is 0 Å². The quantitative estimate of drug-likeness (QED) is 0.912. The molecule has 24 heavy (non-hydrogen) atoms. The third kappa shape index (κ3) is 2.82. The molecule has 5 heteroatoms. The van der Waals surface area contributed by atoms with E-state index in [9.17, 15) is 4.79 Å². The normalized spacial score (nSPS) is 26.5. The van der Waals surface area contributed by atoms with E-state index in [1.54, 1.807) is 6.26 Å². The molecule has 1 saturated carbocycles. The monoisotopic (exact) mass is 347 g/mol. The molecule has 2 aliphatic rings. The van der Waals surface area contributed by atoms with E-state index in [1.807, 2.05) is 19.1 Å². The van der Waals surface area contributed by atoms with Crippen LogP contribution in [-0.2, 0) is 16.0 Å². The Morgan fingerprint density at radius 1 is 1.33 bits per heavy atom. The molecule has 2 heterocycles. The summed E-state index contributed by atoms with van der Waals surface area (Å²) in [7, 11) is 0. The Kier molecular flexibility index (Phi) is 4.27. The summed E-state index contributed by atoms with van der Waals surface area (Å²) in [4.78, 5) is 12.5. The molecule has 128 valence electrons. The molecule has 1 aromatic heterocycles. The SMILES string of the molecule is Cc1c(Cl)ccc2c(CC(=O)NC3CCCC4OCCC34)coc12. The molecule has 4 rings (SSSR count). The molecule has 0 radical (unpaired) electrons. The number of fused-ring (bicyclic) bond motifs is 2. The predicted octanol–water partition coefficient (Wildman–Crippen LogP) is 4.01. The second-order valence-electron chi connectivity index (χ2n) is 6.95. The van der Waals surface area contributed by atoms with E-state index < -0.39 is 0 Å². The Hall–Kier alpha value is -1.52. The summed E-state index contributed by atoms with van der Waals surface area (Å²) in [5.41, 5.74) is 2.60. The number of amides is 1.